The summed E-state index contributed by atoms with van der Waals surface area (Å²) in [7, 11) is 0. The Bertz CT molecular complexity index is 413. The van der Waals surface area contributed by atoms with Crippen molar-refractivity contribution in [2.24, 2.45) is 0 Å². The SMILES string of the molecule is O=C(N[C@@H]([NH+]1CCOCC1)C(Cl)(Cl)Cl)c1ccco1. The molecule has 0 unspecified atom stereocenters. The zero-order chi connectivity index (χ0) is 13.9. The number of rotatable bonds is 3. The quantitative estimate of drug-likeness (QED) is 0.800. The van der Waals surface area contributed by atoms with Gasteiger partial charge < -0.3 is 14.1 Å². The smallest absolute Gasteiger partial charge is 0.291 e. The molecule has 1 aliphatic rings. The van der Waals surface area contributed by atoms with Crippen LogP contribution in [0.15, 0.2) is 22.8 Å². The lowest BCUT2D eigenvalue weighted by molar-refractivity contribution is -0.934. The van der Waals surface area contributed by atoms with Crippen LogP contribution in [0.4, 0.5) is 0 Å². The minimum absolute atomic E-state index is 0.187. The number of furan rings is 1. The Kier molecular flexibility index (Phi) is 4.97. The van der Waals surface area contributed by atoms with E-state index < -0.39 is 15.9 Å². The summed E-state index contributed by atoms with van der Waals surface area (Å²) in [5.74, 6) is -0.216. The molecule has 1 aliphatic heterocycles. The third kappa shape index (κ3) is 4.00. The Morgan fingerprint density at radius 1 is 1.37 bits per heavy atom. The van der Waals surface area contributed by atoms with Crippen molar-refractivity contribution in [1.82, 2.24) is 5.32 Å². The number of morpholine rings is 1. The van der Waals surface area contributed by atoms with E-state index in [1.54, 1.807) is 12.1 Å². The van der Waals surface area contributed by atoms with Crippen molar-refractivity contribution in [3.8, 4) is 0 Å². The Hall–Kier alpha value is -0.460. The van der Waals surface area contributed by atoms with Gasteiger partial charge in [-0.1, -0.05) is 34.8 Å². The van der Waals surface area contributed by atoms with E-state index in [-0.39, 0.29) is 5.76 Å². The Morgan fingerprint density at radius 3 is 2.58 bits per heavy atom. The Morgan fingerprint density at radius 2 is 2.05 bits per heavy atom. The highest BCUT2D eigenvalue weighted by molar-refractivity contribution is 6.68. The van der Waals surface area contributed by atoms with Crippen molar-refractivity contribution in [2.45, 2.75) is 9.96 Å². The van der Waals surface area contributed by atoms with E-state index in [1.165, 1.54) is 6.26 Å². The van der Waals surface area contributed by atoms with Crippen LogP contribution in [0.5, 0.6) is 0 Å². The molecule has 8 heteroatoms. The number of amides is 1. The molecule has 2 N–H and O–H groups in total. The lowest BCUT2D eigenvalue weighted by Gasteiger charge is -2.34. The van der Waals surface area contributed by atoms with Gasteiger partial charge in [-0.2, -0.15) is 0 Å². The van der Waals surface area contributed by atoms with Crippen LogP contribution in [-0.4, -0.2) is 42.2 Å². The number of ether oxygens (including phenoxy) is 1. The number of nitrogens with one attached hydrogen (secondary N) is 2. The van der Waals surface area contributed by atoms with Gasteiger partial charge in [-0.15, -0.1) is 0 Å². The maximum absolute atomic E-state index is 12.0. The number of quaternary nitrogens is 1. The number of carbonyl (C=O) groups is 1. The number of hydrogen-bond donors (Lipinski definition) is 2. The number of alkyl halides is 3. The summed E-state index contributed by atoms with van der Waals surface area (Å²) in [5.41, 5.74) is 0. The van der Waals surface area contributed by atoms with Gasteiger partial charge in [-0.25, -0.2) is 0 Å². The Balaban J connectivity index is 2.07. The van der Waals surface area contributed by atoms with Gasteiger partial charge in [0, 0.05) is 0 Å². The fourth-order valence-corrected chi connectivity index (χ4v) is 2.57. The van der Waals surface area contributed by atoms with E-state index in [1.807, 2.05) is 0 Å². The largest absolute Gasteiger partial charge is 0.459 e. The molecule has 1 amide bonds. The molecular formula is C11H14Cl3N2O3+. The second kappa shape index (κ2) is 6.33. The molecule has 1 aromatic rings. The summed E-state index contributed by atoms with van der Waals surface area (Å²) in [6.45, 7) is 2.47. The highest BCUT2D eigenvalue weighted by atomic mass is 35.6. The first kappa shape index (κ1) is 14.9. The van der Waals surface area contributed by atoms with E-state index in [2.05, 4.69) is 5.32 Å². The summed E-state index contributed by atoms with van der Waals surface area (Å²) in [6, 6.07) is 3.18. The molecule has 1 atom stereocenters. The fourth-order valence-electron chi connectivity index (χ4n) is 1.95. The average Bonchev–Trinajstić information content (AvgIpc) is 2.89. The molecular weight excluding hydrogens is 314 g/mol. The van der Waals surface area contributed by atoms with Gasteiger partial charge in [0.2, 0.25) is 6.17 Å². The number of halogens is 3. The molecule has 1 fully saturated rings. The molecule has 0 saturated carbocycles. The van der Waals surface area contributed by atoms with Crippen LogP contribution in [0.1, 0.15) is 10.6 Å². The maximum Gasteiger partial charge on any atom is 0.291 e. The van der Waals surface area contributed by atoms with Gasteiger partial charge >= 0.3 is 0 Å². The molecule has 0 bridgehead atoms. The summed E-state index contributed by atoms with van der Waals surface area (Å²) in [5, 5.41) is 2.71. The van der Waals surface area contributed by atoms with Gasteiger partial charge in [0.15, 0.2) is 5.76 Å². The number of carbonyl (C=O) groups excluding carboxylic acids is 1. The van der Waals surface area contributed by atoms with Crippen LogP contribution in [-0.2, 0) is 4.74 Å². The predicted octanol–water partition coefficient (Wildman–Crippen LogP) is 0.621. The predicted molar refractivity (Wildman–Crippen MR) is 71.8 cm³/mol. The summed E-state index contributed by atoms with van der Waals surface area (Å²) in [4.78, 5) is 12.9. The molecule has 0 radical (unpaired) electrons. The molecule has 0 aromatic carbocycles. The molecule has 1 saturated heterocycles. The number of hydrogen-bond acceptors (Lipinski definition) is 3. The molecule has 5 nitrogen and oxygen atoms in total. The first-order chi connectivity index (χ1) is 8.98. The van der Waals surface area contributed by atoms with Gasteiger partial charge in [0.05, 0.1) is 19.5 Å². The minimum atomic E-state index is -1.60. The molecule has 2 rings (SSSR count). The van der Waals surface area contributed by atoms with Gasteiger partial charge in [-0.05, 0) is 12.1 Å². The van der Waals surface area contributed by atoms with Crippen molar-refractivity contribution >= 4 is 40.7 Å². The highest BCUT2D eigenvalue weighted by Gasteiger charge is 2.43. The molecule has 106 valence electrons. The average molecular weight is 329 g/mol. The van der Waals surface area contributed by atoms with Crippen LogP contribution >= 0.6 is 34.8 Å². The van der Waals surface area contributed by atoms with E-state index in [4.69, 9.17) is 44.0 Å². The fraction of sp³-hybridized carbons (Fsp3) is 0.545. The minimum Gasteiger partial charge on any atom is -0.459 e. The van der Waals surface area contributed by atoms with Crippen LogP contribution in [0, 0.1) is 0 Å². The topological polar surface area (TPSA) is 55.9 Å². The molecule has 0 spiro atoms. The molecule has 19 heavy (non-hydrogen) atoms. The van der Waals surface area contributed by atoms with Gasteiger partial charge in [0.25, 0.3) is 9.70 Å². The monoisotopic (exact) mass is 327 g/mol. The zero-order valence-corrected chi connectivity index (χ0v) is 12.3. The zero-order valence-electron chi connectivity index (χ0n) is 10.00. The Labute approximate surface area is 125 Å². The van der Waals surface area contributed by atoms with Crippen molar-refractivity contribution in [1.29, 1.82) is 0 Å². The lowest BCUT2D eigenvalue weighted by Crippen LogP contribution is -3.21. The van der Waals surface area contributed by atoms with Crippen LogP contribution in [0.25, 0.3) is 0 Å². The van der Waals surface area contributed by atoms with Crippen molar-refractivity contribution in [3.05, 3.63) is 24.2 Å². The molecule has 1 aromatic heterocycles. The van der Waals surface area contributed by atoms with Crippen molar-refractivity contribution in [3.63, 3.8) is 0 Å². The third-order valence-corrected chi connectivity index (χ3v) is 3.55. The van der Waals surface area contributed by atoms with Crippen LogP contribution in [0.2, 0.25) is 0 Å². The van der Waals surface area contributed by atoms with E-state index in [9.17, 15) is 4.79 Å². The summed E-state index contributed by atoms with van der Waals surface area (Å²) < 4.78 is 8.68. The second-order valence-electron chi connectivity index (χ2n) is 4.20. The summed E-state index contributed by atoms with van der Waals surface area (Å²) in [6.07, 6.45) is 0.764. The molecule has 2 heterocycles. The lowest BCUT2D eigenvalue weighted by atomic mass is 10.3. The normalized spacial score (nSPS) is 19.1. The van der Waals surface area contributed by atoms with Gasteiger partial charge in [0.1, 0.15) is 13.1 Å². The van der Waals surface area contributed by atoms with Gasteiger partial charge in [-0.3, -0.25) is 10.1 Å². The van der Waals surface area contributed by atoms with Crippen LogP contribution in [0.3, 0.4) is 0 Å². The van der Waals surface area contributed by atoms with Crippen LogP contribution < -0.4 is 10.2 Å². The first-order valence-electron chi connectivity index (χ1n) is 5.82. The standard InChI is InChI=1S/C11H13Cl3N2O3/c12-11(13,14)10(16-3-6-18-7-4-16)15-9(17)8-2-1-5-19-8/h1-2,5,10H,3-4,6-7H2,(H,15,17)/p+1/t10-/m0/s1. The van der Waals surface area contributed by atoms with E-state index in [0.29, 0.717) is 26.3 Å². The molecule has 0 aliphatic carbocycles. The van der Waals surface area contributed by atoms with E-state index >= 15 is 0 Å². The van der Waals surface area contributed by atoms with Crippen molar-refractivity contribution in [2.75, 3.05) is 26.3 Å². The van der Waals surface area contributed by atoms with E-state index in [0.717, 1.165) is 4.90 Å². The van der Waals surface area contributed by atoms with Crippen molar-refractivity contribution < 1.29 is 18.8 Å². The first-order valence-corrected chi connectivity index (χ1v) is 6.95. The summed E-state index contributed by atoms with van der Waals surface area (Å²) >= 11 is 17.9. The third-order valence-electron chi connectivity index (χ3n) is 2.89. The highest BCUT2D eigenvalue weighted by Crippen LogP contribution is 2.28. The second-order valence-corrected chi connectivity index (χ2v) is 6.56. The maximum atomic E-state index is 12.0.